The molecule has 0 aliphatic rings. The molecule has 1 amide bonds. The number of amides is 1. The summed E-state index contributed by atoms with van der Waals surface area (Å²) in [6.07, 6.45) is 6.34. The lowest BCUT2D eigenvalue weighted by Crippen LogP contribution is -2.11. The van der Waals surface area contributed by atoms with Crippen LogP contribution in [0.15, 0.2) is 43.0 Å². The lowest BCUT2D eigenvalue weighted by Gasteiger charge is -1.94. The van der Waals surface area contributed by atoms with E-state index >= 15 is 0 Å². The van der Waals surface area contributed by atoms with E-state index in [1.165, 1.54) is 6.20 Å². The number of rotatable bonds is 1. The maximum absolute atomic E-state index is 11.0. The molecule has 4 nitrogen and oxygen atoms in total. The molecule has 0 saturated carbocycles. The third-order valence-corrected chi connectivity index (χ3v) is 2.04. The Bertz CT molecular complexity index is 597. The number of carbonyl (C=O) groups is 1. The molecule has 0 fully saturated rings. The van der Waals surface area contributed by atoms with Crippen molar-refractivity contribution in [2.24, 2.45) is 5.73 Å². The minimum Gasteiger partial charge on any atom is -0.366 e. The first-order chi connectivity index (χ1) is 8.25. The molecule has 2 aromatic rings. The first-order valence-electron chi connectivity index (χ1n) is 4.92. The Labute approximate surface area is 98.5 Å². The fraction of sp³-hybridized carbons (Fsp3) is 0. The van der Waals surface area contributed by atoms with Crippen LogP contribution in [0.4, 0.5) is 0 Å². The van der Waals surface area contributed by atoms with Crippen LogP contribution in [-0.2, 0) is 0 Å². The van der Waals surface area contributed by atoms with Crippen molar-refractivity contribution in [3.8, 4) is 11.8 Å². The van der Waals surface area contributed by atoms with Gasteiger partial charge in [0.15, 0.2) is 0 Å². The van der Waals surface area contributed by atoms with E-state index in [4.69, 9.17) is 5.73 Å². The molecular weight excluding hydrogens is 214 g/mol. The molecule has 0 bridgehead atoms. The molecule has 0 atom stereocenters. The van der Waals surface area contributed by atoms with Gasteiger partial charge in [0, 0.05) is 35.9 Å². The smallest absolute Gasteiger partial charge is 0.250 e. The molecule has 2 rings (SSSR count). The van der Waals surface area contributed by atoms with Crippen molar-refractivity contribution in [2.75, 3.05) is 0 Å². The van der Waals surface area contributed by atoms with Crippen LogP contribution < -0.4 is 5.73 Å². The highest BCUT2D eigenvalue weighted by molar-refractivity contribution is 5.92. The van der Waals surface area contributed by atoms with E-state index in [1.54, 1.807) is 24.7 Å². The molecule has 4 heteroatoms. The molecule has 0 spiro atoms. The Morgan fingerprint density at radius 1 is 1.12 bits per heavy atom. The summed E-state index contributed by atoms with van der Waals surface area (Å²) in [5, 5.41) is 0. The van der Waals surface area contributed by atoms with Crippen molar-refractivity contribution in [1.82, 2.24) is 9.97 Å². The zero-order chi connectivity index (χ0) is 12.1. The largest absolute Gasteiger partial charge is 0.366 e. The first kappa shape index (κ1) is 10.8. The Morgan fingerprint density at radius 2 is 1.88 bits per heavy atom. The monoisotopic (exact) mass is 223 g/mol. The molecule has 0 aromatic carbocycles. The zero-order valence-corrected chi connectivity index (χ0v) is 8.92. The lowest BCUT2D eigenvalue weighted by atomic mass is 10.2. The number of primary amides is 1. The van der Waals surface area contributed by atoms with Gasteiger partial charge in [-0.05, 0) is 18.2 Å². The summed E-state index contributed by atoms with van der Waals surface area (Å²) in [7, 11) is 0. The predicted octanol–water partition coefficient (Wildman–Crippen LogP) is 0.975. The molecule has 0 aliphatic carbocycles. The second-order valence-electron chi connectivity index (χ2n) is 3.32. The lowest BCUT2D eigenvalue weighted by molar-refractivity contribution is 0.1000. The van der Waals surface area contributed by atoms with E-state index in [0.29, 0.717) is 11.1 Å². The van der Waals surface area contributed by atoms with Gasteiger partial charge in [0.2, 0.25) is 5.91 Å². The summed E-state index contributed by atoms with van der Waals surface area (Å²) in [6.45, 7) is 0. The van der Waals surface area contributed by atoms with Gasteiger partial charge >= 0.3 is 0 Å². The van der Waals surface area contributed by atoms with Gasteiger partial charge in [0.25, 0.3) is 0 Å². The molecule has 0 aliphatic heterocycles. The highest BCUT2D eigenvalue weighted by atomic mass is 16.1. The summed E-state index contributed by atoms with van der Waals surface area (Å²) in [6, 6.07) is 5.27. The highest BCUT2D eigenvalue weighted by Crippen LogP contribution is 2.01. The Kier molecular flexibility index (Phi) is 3.13. The topological polar surface area (TPSA) is 68.9 Å². The van der Waals surface area contributed by atoms with Crippen LogP contribution in [0.25, 0.3) is 0 Å². The van der Waals surface area contributed by atoms with Crippen LogP contribution >= 0.6 is 0 Å². The summed E-state index contributed by atoms with van der Waals surface area (Å²) in [5.41, 5.74) is 6.95. The summed E-state index contributed by atoms with van der Waals surface area (Å²) in [5.74, 6) is 5.31. The number of carbonyl (C=O) groups excluding carboxylic acids is 1. The van der Waals surface area contributed by atoms with Gasteiger partial charge in [-0.2, -0.15) is 0 Å². The van der Waals surface area contributed by atoms with E-state index in [1.807, 2.05) is 12.1 Å². The number of nitrogens with zero attached hydrogens (tertiary/aromatic N) is 2. The standard InChI is InChI=1S/C13H9N3O/c14-13(17)12-6-11(8-16-9-12)4-3-10-2-1-5-15-7-10/h1-2,5-9H,(H2,14,17). The predicted molar refractivity (Wildman–Crippen MR) is 63.0 cm³/mol. The first-order valence-corrected chi connectivity index (χ1v) is 4.92. The average molecular weight is 223 g/mol. The van der Waals surface area contributed by atoms with E-state index in [-0.39, 0.29) is 0 Å². The van der Waals surface area contributed by atoms with Crippen LogP contribution in [0, 0.1) is 11.8 Å². The normalized spacial score (nSPS) is 9.18. The molecule has 82 valence electrons. The number of pyridine rings is 2. The van der Waals surface area contributed by atoms with Gasteiger partial charge in [0.05, 0.1) is 5.56 Å². The van der Waals surface area contributed by atoms with Crippen molar-refractivity contribution in [2.45, 2.75) is 0 Å². The quantitative estimate of drug-likeness (QED) is 0.732. The second-order valence-corrected chi connectivity index (χ2v) is 3.32. The van der Waals surface area contributed by atoms with E-state index in [2.05, 4.69) is 21.8 Å². The van der Waals surface area contributed by atoms with Crippen molar-refractivity contribution in [3.05, 3.63) is 59.7 Å². The average Bonchev–Trinajstić information content (AvgIpc) is 2.38. The molecule has 2 aromatic heterocycles. The Balaban J connectivity index is 2.28. The van der Waals surface area contributed by atoms with E-state index in [0.717, 1.165) is 5.56 Å². The van der Waals surface area contributed by atoms with Gasteiger partial charge in [-0.1, -0.05) is 11.8 Å². The van der Waals surface area contributed by atoms with Gasteiger partial charge in [0.1, 0.15) is 0 Å². The third kappa shape index (κ3) is 2.89. The molecule has 17 heavy (non-hydrogen) atoms. The van der Waals surface area contributed by atoms with Gasteiger partial charge in [-0.15, -0.1) is 0 Å². The fourth-order valence-electron chi connectivity index (χ4n) is 1.22. The molecule has 2 heterocycles. The summed E-state index contributed by atoms with van der Waals surface area (Å²) >= 11 is 0. The fourth-order valence-corrected chi connectivity index (χ4v) is 1.22. The molecule has 2 N–H and O–H groups in total. The van der Waals surface area contributed by atoms with Crippen LogP contribution in [-0.4, -0.2) is 15.9 Å². The van der Waals surface area contributed by atoms with Gasteiger partial charge in [-0.3, -0.25) is 14.8 Å². The maximum atomic E-state index is 11.0. The SMILES string of the molecule is NC(=O)c1cncc(C#Cc2cccnc2)c1. The number of nitrogens with two attached hydrogens (primary N) is 1. The Morgan fingerprint density at radius 3 is 2.59 bits per heavy atom. The molecule has 0 unspecified atom stereocenters. The van der Waals surface area contributed by atoms with Crippen LogP contribution in [0.5, 0.6) is 0 Å². The number of aromatic nitrogens is 2. The van der Waals surface area contributed by atoms with Crippen molar-refractivity contribution in [3.63, 3.8) is 0 Å². The van der Waals surface area contributed by atoms with Crippen molar-refractivity contribution in [1.29, 1.82) is 0 Å². The molecule has 0 radical (unpaired) electrons. The number of hydrogen-bond acceptors (Lipinski definition) is 3. The minimum absolute atomic E-state index is 0.350. The molecular formula is C13H9N3O. The van der Waals surface area contributed by atoms with Crippen LogP contribution in [0.2, 0.25) is 0 Å². The van der Waals surface area contributed by atoms with Crippen molar-refractivity contribution < 1.29 is 4.79 Å². The van der Waals surface area contributed by atoms with Crippen LogP contribution in [0.3, 0.4) is 0 Å². The van der Waals surface area contributed by atoms with E-state index in [9.17, 15) is 4.79 Å². The minimum atomic E-state index is -0.512. The maximum Gasteiger partial charge on any atom is 0.250 e. The zero-order valence-electron chi connectivity index (χ0n) is 8.92. The summed E-state index contributed by atoms with van der Waals surface area (Å²) in [4.78, 5) is 18.8. The Hall–Kier alpha value is -2.67. The highest BCUT2D eigenvalue weighted by Gasteiger charge is 1.99. The van der Waals surface area contributed by atoms with Crippen LogP contribution in [0.1, 0.15) is 21.5 Å². The summed E-state index contributed by atoms with van der Waals surface area (Å²) < 4.78 is 0. The van der Waals surface area contributed by atoms with Crippen molar-refractivity contribution >= 4 is 5.91 Å². The number of hydrogen-bond donors (Lipinski definition) is 1. The second kappa shape index (κ2) is 4.90. The molecule has 0 saturated heterocycles. The van der Waals surface area contributed by atoms with E-state index < -0.39 is 5.91 Å². The van der Waals surface area contributed by atoms with Gasteiger partial charge in [-0.25, -0.2) is 0 Å². The third-order valence-electron chi connectivity index (χ3n) is 2.04. The van der Waals surface area contributed by atoms with Gasteiger partial charge < -0.3 is 5.73 Å².